The molecule has 0 aromatic heterocycles. The summed E-state index contributed by atoms with van der Waals surface area (Å²) >= 11 is 0. The lowest BCUT2D eigenvalue weighted by atomic mass is 9.84. The number of hydrogen-bond acceptors (Lipinski definition) is 3. The summed E-state index contributed by atoms with van der Waals surface area (Å²) in [5.41, 5.74) is 0.936. The molecule has 0 fully saturated rings. The normalized spacial score (nSPS) is 11.0. The van der Waals surface area contributed by atoms with Crippen molar-refractivity contribution in [2.45, 2.75) is 32.6 Å². The van der Waals surface area contributed by atoms with Gasteiger partial charge in [0.25, 0.3) is 0 Å². The summed E-state index contributed by atoms with van der Waals surface area (Å²) in [6.07, 6.45) is 0.502. The van der Waals surface area contributed by atoms with Crippen LogP contribution in [0, 0.1) is 0 Å². The Bertz CT molecular complexity index is 441. The van der Waals surface area contributed by atoms with Crippen LogP contribution in [0.3, 0.4) is 0 Å². The molecule has 1 aromatic rings. The lowest BCUT2D eigenvalue weighted by Gasteiger charge is -2.26. The van der Waals surface area contributed by atoms with E-state index < -0.39 is 0 Å². The van der Waals surface area contributed by atoms with Crippen molar-refractivity contribution in [3.05, 3.63) is 23.8 Å². The van der Waals surface area contributed by atoms with E-state index in [1.165, 1.54) is 0 Å². The minimum atomic E-state index is -0.162. The number of methoxy groups -OCH3 is 2. The fourth-order valence-electron chi connectivity index (χ4n) is 1.80. The molecule has 0 atom stereocenters. The molecule has 0 unspecified atom stereocenters. The van der Waals surface area contributed by atoms with Gasteiger partial charge in [-0.25, -0.2) is 0 Å². The Hall–Kier alpha value is -1.71. The highest BCUT2D eigenvalue weighted by Crippen LogP contribution is 2.32. The number of hydrogen-bond donors (Lipinski definition) is 1. The van der Waals surface area contributed by atoms with Crippen LogP contribution in [-0.2, 0) is 10.2 Å². The molecule has 0 aliphatic carbocycles. The molecule has 0 bridgehead atoms. The molecule has 0 spiro atoms. The highest BCUT2D eigenvalue weighted by atomic mass is 16.5. The van der Waals surface area contributed by atoms with Crippen molar-refractivity contribution in [3.63, 3.8) is 0 Å². The zero-order valence-electron chi connectivity index (χ0n) is 12.4. The van der Waals surface area contributed by atoms with Crippen molar-refractivity contribution >= 4 is 5.91 Å². The fourth-order valence-corrected chi connectivity index (χ4v) is 1.80. The van der Waals surface area contributed by atoms with E-state index in [1.54, 1.807) is 14.2 Å². The van der Waals surface area contributed by atoms with Gasteiger partial charge in [0.1, 0.15) is 0 Å². The summed E-state index contributed by atoms with van der Waals surface area (Å²) in [4.78, 5) is 11.4. The molecule has 19 heavy (non-hydrogen) atoms. The third kappa shape index (κ3) is 3.88. The quantitative estimate of drug-likeness (QED) is 0.859. The van der Waals surface area contributed by atoms with Gasteiger partial charge in [-0.2, -0.15) is 0 Å². The van der Waals surface area contributed by atoms with Crippen LogP contribution in [0.15, 0.2) is 18.2 Å². The Morgan fingerprint density at radius 1 is 1.21 bits per heavy atom. The zero-order chi connectivity index (χ0) is 14.5. The lowest BCUT2D eigenvalue weighted by Crippen LogP contribution is -2.36. The van der Waals surface area contributed by atoms with Gasteiger partial charge in [0.15, 0.2) is 11.5 Å². The first-order chi connectivity index (χ1) is 8.94. The Morgan fingerprint density at radius 2 is 1.84 bits per heavy atom. The average Bonchev–Trinajstić information content (AvgIpc) is 2.43. The third-order valence-corrected chi connectivity index (χ3v) is 3.21. The number of rotatable bonds is 6. The molecule has 1 N–H and O–H groups in total. The van der Waals surface area contributed by atoms with Crippen LogP contribution >= 0.6 is 0 Å². The summed E-state index contributed by atoms with van der Waals surface area (Å²) in [5.74, 6) is 1.48. The van der Waals surface area contributed by atoms with Gasteiger partial charge in [-0.1, -0.05) is 26.8 Å². The third-order valence-electron chi connectivity index (χ3n) is 3.21. The average molecular weight is 265 g/mol. The van der Waals surface area contributed by atoms with Crippen molar-refractivity contribution in [2.75, 3.05) is 20.8 Å². The molecule has 4 nitrogen and oxygen atoms in total. The van der Waals surface area contributed by atoms with E-state index in [9.17, 15) is 4.79 Å². The topological polar surface area (TPSA) is 47.6 Å². The summed E-state index contributed by atoms with van der Waals surface area (Å²) in [5, 5.41) is 2.93. The number of carbonyl (C=O) groups excluding carboxylic acids is 1. The van der Waals surface area contributed by atoms with Gasteiger partial charge in [0.05, 0.1) is 14.2 Å². The van der Waals surface area contributed by atoms with E-state index in [0.717, 1.165) is 5.56 Å². The molecule has 0 aliphatic rings. The van der Waals surface area contributed by atoms with E-state index >= 15 is 0 Å². The Balaban J connectivity index is 2.91. The second-order valence-electron chi connectivity index (χ2n) is 5.08. The van der Waals surface area contributed by atoms with Gasteiger partial charge >= 0.3 is 0 Å². The molecule has 4 heteroatoms. The van der Waals surface area contributed by atoms with Crippen LogP contribution in [0.5, 0.6) is 11.5 Å². The van der Waals surface area contributed by atoms with Crippen molar-refractivity contribution in [1.82, 2.24) is 5.32 Å². The molecule has 1 amide bonds. The van der Waals surface area contributed by atoms with Gasteiger partial charge in [-0.3, -0.25) is 4.79 Å². The molecule has 0 radical (unpaired) electrons. The van der Waals surface area contributed by atoms with Crippen LogP contribution in [-0.4, -0.2) is 26.7 Å². The van der Waals surface area contributed by atoms with Crippen LogP contribution in [0.25, 0.3) is 0 Å². The van der Waals surface area contributed by atoms with Crippen LogP contribution in [0.1, 0.15) is 32.8 Å². The van der Waals surface area contributed by atoms with Crippen LogP contribution < -0.4 is 14.8 Å². The van der Waals surface area contributed by atoms with E-state index in [1.807, 2.05) is 25.1 Å². The Kier molecular flexibility index (Phi) is 5.21. The summed E-state index contributed by atoms with van der Waals surface area (Å²) < 4.78 is 10.5. The molecule has 1 aromatic carbocycles. The van der Waals surface area contributed by atoms with Crippen molar-refractivity contribution in [1.29, 1.82) is 0 Å². The molecule has 106 valence electrons. The minimum absolute atomic E-state index is 0.0635. The van der Waals surface area contributed by atoms with Crippen molar-refractivity contribution in [3.8, 4) is 11.5 Å². The standard InChI is InChI=1S/C15H23NO3/c1-6-14(17)16-10-15(2,3)11-7-8-12(18-4)13(9-11)19-5/h7-9H,6,10H2,1-5H3,(H,16,17). The summed E-state index contributed by atoms with van der Waals surface area (Å²) in [7, 11) is 3.23. The molecule has 1 rings (SSSR count). The van der Waals surface area contributed by atoms with E-state index in [0.29, 0.717) is 24.5 Å². The SMILES string of the molecule is CCC(=O)NCC(C)(C)c1ccc(OC)c(OC)c1. The number of benzene rings is 1. The predicted molar refractivity (Wildman–Crippen MR) is 75.9 cm³/mol. The highest BCUT2D eigenvalue weighted by Gasteiger charge is 2.22. The predicted octanol–water partition coefficient (Wildman–Crippen LogP) is 2.51. The van der Waals surface area contributed by atoms with E-state index in [-0.39, 0.29) is 11.3 Å². The molecule has 0 aliphatic heterocycles. The lowest BCUT2D eigenvalue weighted by molar-refractivity contribution is -0.121. The maximum absolute atomic E-state index is 11.4. The van der Waals surface area contributed by atoms with Gasteiger partial charge in [0, 0.05) is 18.4 Å². The largest absolute Gasteiger partial charge is 0.493 e. The zero-order valence-corrected chi connectivity index (χ0v) is 12.4. The van der Waals surface area contributed by atoms with Crippen LogP contribution in [0.4, 0.5) is 0 Å². The molecular weight excluding hydrogens is 242 g/mol. The van der Waals surface area contributed by atoms with E-state index in [2.05, 4.69) is 19.2 Å². The van der Waals surface area contributed by atoms with Gasteiger partial charge in [0.2, 0.25) is 5.91 Å². The maximum Gasteiger partial charge on any atom is 0.219 e. The molecule has 0 saturated carbocycles. The molecular formula is C15H23NO3. The number of carbonyl (C=O) groups is 1. The summed E-state index contributed by atoms with van der Waals surface area (Å²) in [6, 6.07) is 5.84. The van der Waals surface area contributed by atoms with Crippen molar-refractivity contribution in [2.24, 2.45) is 0 Å². The summed E-state index contributed by atoms with van der Waals surface area (Å²) in [6.45, 7) is 6.61. The second kappa shape index (κ2) is 6.45. The Morgan fingerprint density at radius 3 is 2.37 bits per heavy atom. The fraction of sp³-hybridized carbons (Fsp3) is 0.533. The number of ether oxygens (including phenoxy) is 2. The first-order valence-electron chi connectivity index (χ1n) is 6.43. The molecule has 0 heterocycles. The maximum atomic E-state index is 11.4. The van der Waals surface area contributed by atoms with Gasteiger partial charge in [-0.05, 0) is 17.7 Å². The van der Waals surface area contributed by atoms with Crippen LogP contribution in [0.2, 0.25) is 0 Å². The second-order valence-corrected chi connectivity index (χ2v) is 5.08. The highest BCUT2D eigenvalue weighted by molar-refractivity contribution is 5.75. The van der Waals surface area contributed by atoms with E-state index in [4.69, 9.17) is 9.47 Å². The van der Waals surface area contributed by atoms with Gasteiger partial charge < -0.3 is 14.8 Å². The smallest absolute Gasteiger partial charge is 0.219 e. The monoisotopic (exact) mass is 265 g/mol. The minimum Gasteiger partial charge on any atom is -0.493 e. The molecule has 0 saturated heterocycles. The number of nitrogens with one attached hydrogen (secondary N) is 1. The first kappa shape index (κ1) is 15.3. The number of amides is 1. The Labute approximate surface area is 115 Å². The van der Waals surface area contributed by atoms with Gasteiger partial charge in [-0.15, -0.1) is 0 Å². The first-order valence-corrected chi connectivity index (χ1v) is 6.43. The van der Waals surface area contributed by atoms with Crippen molar-refractivity contribution < 1.29 is 14.3 Å².